The van der Waals surface area contributed by atoms with Crippen LogP contribution in [0, 0.1) is 16.7 Å². The molecule has 16 heavy (non-hydrogen) atoms. The van der Waals surface area contributed by atoms with E-state index in [9.17, 15) is 5.26 Å². The summed E-state index contributed by atoms with van der Waals surface area (Å²) >= 11 is 0. The van der Waals surface area contributed by atoms with Crippen LogP contribution in [-0.4, -0.2) is 41.7 Å². The summed E-state index contributed by atoms with van der Waals surface area (Å²) in [6, 6.07) is 4.74. The van der Waals surface area contributed by atoms with Crippen molar-refractivity contribution in [2.24, 2.45) is 5.41 Å². The number of rotatable bonds is 10. The molecule has 0 unspecified atom stereocenters. The third kappa shape index (κ3) is 8.05. The number of hydrogen-bond donors (Lipinski definition) is 2. The second-order valence-electron chi connectivity index (χ2n) is 4.74. The van der Waals surface area contributed by atoms with Crippen molar-refractivity contribution in [1.82, 2.24) is 0 Å². The lowest BCUT2D eigenvalue weighted by atomic mass is 9.83. The van der Waals surface area contributed by atoms with E-state index in [1.54, 1.807) is 0 Å². The van der Waals surface area contributed by atoms with Gasteiger partial charge in [0.05, 0.1) is 30.5 Å². The molecule has 0 saturated heterocycles. The van der Waals surface area contributed by atoms with Crippen LogP contribution in [0.1, 0.15) is 32.6 Å². The molecule has 2 N–H and O–H groups in total. The van der Waals surface area contributed by atoms with E-state index in [1.807, 2.05) is 6.92 Å². The zero-order valence-electron chi connectivity index (χ0n) is 10.4. The monoisotopic (exact) mass is 259 g/mol. The lowest BCUT2D eigenvalue weighted by molar-refractivity contribution is 0.353. The molecule has 0 aromatic rings. The first-order chi connectivity index (χ1) is 7.68. The van der Waals surface area contributed by atoms with Gasteiger partial charge in [-0.2, -0.15) is 5.26 Å². The normalized spacial score (nSPS) is 15.9. The molecule has 0 amide bonds. The van der Waals surface area contributed by atoms with Crippen LogP contribution in [-0.2, 0) is 0 Å². The number of nitrogens with zero attached hydrogens (tertiary/aromatic N) is 1. The zero-order valence-corrected chi connectivity index (χ0v) is 13.2. The summed E-state index contributed by atoms with van der Waals surface area (Å²) in [4.78, 5) is 0. The van der Waals surface area contributed by atoms with Crippen LogP contribution in [0.15, 0.2) is 0 Å². The Kier molecular flexibility index (Phi) is 9.93. The molecule has 0 radical (unpaired) electrons. The third-order valence-corrected chi connectivity index (χ3v) is 5.68. The first-order valence-corrected chi connectivity index (χ1v) is 10.3. The molecular weight excluding hydrogens is 234 g/mol. The van der Waals surface area contributed by atoms with Gasteiger partial charge >= 0.3 is 0 Å². The second kappa shape index (κ2) is 10.0. The predicted octanol–water partition coefficient (Wildman–Crippen LogP) is 0.150. The summed E-state index contributed by atoms with van der Waals surface area (Å²) in [5.74, 6) is 0. The molecule has 0 spiro atoms. The zero-order chi connectivity index (χ0) is 12.3. The standard InChI is InChI=1S/C11H25NO2Si2/c1-11(8-12,4-2-6-15-9-13)5-3-7-16-10-14/h13-14H,2-7,9-10,15-16H2,1H3. The van der Waals surface area contributed by atoms with Crippen molar-refractivity contribution in [2.45, 2.75) is 44.7 Å². The number of aliphatic hydroxyl groups excluding tert-OH is 2. The number of aliphatic hydroxyl groups is 2. The van der Waals surface area contributed by atoms with Crippen molar-refractivity contribution in [1.29, 1.82) is 5.26 Å². The summed E-state index contributed by atoms with van der Waals surface area (Å²) in [6.45, 7) is 2.05. The molecule has 0 heterocycles. The van der Waals surface area contributed by atoms with Gasteiger partial charge in [-0.15, -0.1) is 0 Å². The fourth-order valence-electron chi connectivity index (χ4n) is 1.84. The van der Waals surface area contributed by atoms with E-state index in [0.717, 1.165) is 37.8 Å². The summed E-state index contributed by atoms with van der Waals surface area (Å²) < 4.78 is 0. The molecule has 5 heteroatoms. The van der Waals surface area contributed by atoms with E-state index in [1.165, 1.54) is 0 Å². The van der Waals surface area contributed by atoms with E-state index in [0.29, 0.717) is 12.5 Å². The van der Waals surface area contributed by atoms with E-state index in [-0.39, 0.29) is 24.5 Å². The molecule has 0 saturated carbocycles. The third-order valence-electron chi connectivity index (χ3n) is 3.04. The maximum Gasteiger partial charge on any atom is 0.0686 e. The molecule has 0 aliphatic carbocycles. The molecule has 0 aliphatic rings. The molecule has 0 bridgehead atoms. The first-order valence-electron chi connectivity index (χ1n) is 6.31. The quantitative estimate of drug-likeness (QED) is 0.434. The van der Waals surface area contributed by atoms with Crippen LogP contribution in [0.2, 0.25) is 12.1 Å². The minimum atomic E-state index is -0.262. The Morgan fingerprint density at radius 1 is 1.06 bits per heavy atom. The molecule has 0 aromatic carbocycles. The summed E-state index contributed by atoms with van der Waals surface area (Å²) in [6.07, 6.45) is 4.91. The van der Waals surface area contributed by atoms with E-state index in [2.05, 4.69) is 6.07 Å². The van der Waals surface area contributed by atoms with Gasteiger partial charge in [-0.05, 0) is 19.8 Å². The highest BCUT2D eigenvalue weighted by molar-refractivity contribution is 6.35. The second-order valence-corrected chi connectivity index (χ2v) is 8.46. The molecule has 0 atom stereocenters. The molecule has 0 aliphatic heterocycles. The first kappa shape index (κ1) is 15.8. The highest BCUT2D eigenvalue weighted by atomic mass is 28.2. The smallest absolute Gasteiger partial charge is 0.0686 e. The van der Waals surface area contributed by atoms with Crippen molar-refractivity contribution in [2.75, 3.05) is 12.5 Å². The Morgan fingerprint density at radius 2 is 1.50 bits per heavy atom. The van der Waals surface area contributed by atoms with E-state index in [4.69, 9.17) is 10.2 Å². The van der Waals surface area contributed by atoms with Crippen LogP contribution in [0.5, 0.6) is 0 Å². The highest BCUT2D eigenvalue weighted by Gasteiger charge is 2.22. The van der Waals surface area contributed by atoms with Crippen molar-refractivity contribution < 1.29 is 10.2 Å². The molecule has 0 rings (SSSR count). The van der Waals surface area contributed by atoms with E-state index >= 15 is 0 Å². The van der Waals surface area contributed by atoms with Crippen molar-refractivity contribution >= 4 is 19.0 Å². The summed E-state index contributed by atoms with van der Waals surface area (Å²) in [5, 5.41) is 26.6. The summed E-state index contributed by atoms with van der Waals surface area (Å²) in [5.41, 5.74) is -0.173. The number of hydrogen-bond acceptors (Lipinski definition) is 3. The molecule has 0 aromatic heterocycles. The Morgan fingerprint density at radius 3 is 1.81 bits per heavy atom. The summed E-state index contributed by atoms with van der Waals surface area (Å²) in [7, 11) is -0.524. The maximum atomic E-state index is 9.17. The fraction of sp³-hybridized carbons (Fsp3) is 0.909. The van der Waals surface area contributed by atoms with Crippen LogP contribution in [0.25, 0.3) is 0 Å². The van der Waals surface area contributed by atoms with Gasteiger partial charge in [0.1, 0.15) is 0 Å². The van der Waals surface area contributed by atoms with Gasteiger partial charge in [0.15, 0.2) is 0 Å². The molecule has 0 fully saturated rings. The Balaban J connectivity index is 3.70. The average Bonchev–Trinajstić information content (AvgIpc) is 2.31. The van der Waals surface area contributed by atoms with Crippen LogP contribution >= 0.6 is 0 Å². The minimum absolute atomic E-state index is 0.173. The van der Waals surface area contributed by atoms with Crippen molar-refractivity contribution in [3.8, 4) is 6.07 Å². The Labute approximate surface area is 104 Å². The van der Waals surface area contributed by atoms with Crippen molar-refractivity contribution in [3.63, 3.8) is 0 Å². The van der Waals surface area contributed by atoms with Gasteiger partial charge in [0.25, 0.3) is 0 Å². The number of nitriles is 1. The lowest BCUT2D eigenvalue weighted by Gasteiger charge is -2.21. The molecule has 94 valence electrons. The van der Waals surface area contributed by atoms with E-state index < -0.39 is 0 Å². The Hall–Kier alpha value is -0.156. The van der Waals surface area contributed by atoms with Gasteiger partial charge < -0.3 is 10.2 Å². The van der Waals surface area contributed by atoms with Gasteiger partial charge in [0, 0.05) is 12.5 Å². The van der Waals surface area contributed by atoms with Gasteiger partial charge in [0.2, 0.25) is 0 Å². The van der Waals surface area contributed by atoms with Crippen LogP contribution in [0.3, 0.4) is 0 Å². The topological polar surface area (TPSA) is 64.2 Å². The van der Waals surface area contributed by atoms with Crippen molar-refractivity contribution in [3.05, 3.63) is 0 Å². The van der Waals surface area contributed by atoms with Crippen LogP contribution in [0.4, 0.5) is 0 Å². The largest absolute Gasteiger partial charge is 0.400 e. The van der Waals surface area contributed by atoms with Gasteiger partial charge in [-0.3, -0.25) is 0 Å². The van der Waals surface area contributed by atoms with Gasteiger partial charge in [-0.1, -0.05) is 24.9 Å². The average molecular weight is 259 g/mol. The highest BCUT2D eigenvalue weighted by Crippen LogP contribution is 2.29. The van der Waals surface area contributed by atoms with Gasteiger partial charge in [-0.25, -0.2) is 0 Å². The fourth-order valence-corrected chi connectivity index (χ4v) is 3.50. The lowest BCUT2D eigenvalue weighted by Crippen LogP contribution is -2.14. The SMILES string of the molecule is CC(C#N)(CCC[SiH2]CO)CCC[SiH2]CO. The maximum absolute atomic E-state index is 9.17. The molecule has 3 nitrogen and oxygen atoms in total. The molecular formula is C11H25NO2Si2. The van der Waals surface area contributed by atoms with Crippen LogP contribution < -0.4 is 0 Å². The predicted molar refractivity (Wildman–Crippen MR) is 73.1 cm³/mol. The Bertz CT molecular complexity index is 195. The minimum Gasteiger partial charge on any atom is -0.400 e.